The third kappa shape index (κ3) is 3.00. The van der Waals surface area contributed by atoms with Crippen molar-refractivity contribution in [2.24, 2.45) is 13.0 Å². The van der Waals surface area contributed by atoms with Gasteiger partial charge in [-0.25, -0.2) is 0 Å². The van der Waals surface area contributed by atoms with Crippen molar-refractivity contribution < 1.29 is 0 Å². The molecule has 2 aromatic rings. The van der Waals surface area contributed by atoms with Crippen LogP contribution in [-0.4, -0.2) is 21.3 Å². The highest BCUT2D eigenvalue weighted by molar-refractivity contribution is 5.62. The predicted molar refractivity (Wildman–Crippen MR) is 81.5 cm³/mol. The molecule has 0 radical (unpaired) electrons. The molecule has 1 aromatic heterocycles. The van der Waals surface area contributed by atoms with Gasteiger partial charge in [0.25, 0.3) is 0 Å². The Morgan fingerprint density at radius 1 is 1.25 bits per heavy atom. The van der Waals surface area contributed by atoms with Crippen molar-refractivity contribution in [3.63, 3.8) is 0 Å². The van der Waals surface area contributed by atoms with Gasteiger partial charge in [0.2, 0.25) is 0 Å². The van der Waals surface area contributed by atoms with E-state index in [1.165, 1.54) is 37.8 Å². The number of rotatable bonds is 4. The molecule has 1 N–H and O–H groups in total. The maximum atomic E-state index is 4.16. The summed E-state index contributed by atoms with van der Waals surface area (Å²) in [7, 11) is 1.97. The molecule has 4 nitrogen and oxygen atoms in total. The van der Waals surface area contributed by atoms with E-state index < -0.39 is 0 Å². The molecule has 1 saturated carbocycles. The molecule has 106 valence electrons. The number of aryl methyl sites for hydroxylation is 1. The van der Waals surface area contributed by atoms with Gasteiger partial charge in [-0.05, 0) is 30.9 Å². The highest BCUT2D eigenvalue weighted by Gasteiger charge is 2.13. The number of hydrogen-bond acceptors (Lipinski definition) is 3. The van der Waals surface area contributed by atoms with E-state index in [4.69, 9.17) is 0 Å². The van der Waals surface area contributed by atoms with Crippen LogP contribution in [0.4, 0.5) is 5.69 Å². The number of nitrogens with zero attached hydrogens (tertiary/aromatic N) is 3. The first-order valence-electron chi connectivity index (χ1n) is 7.51. The molecule has 0 amide bonds. The van der Waals surface area contributed by atoms with Crippen LogP contribution in [0, 0.1) is 5.92 Å². The standard InChI is InChI=1S/C16H22N4/c1-20-12-18-19-16(20)14-8-5-9-15(10-14)17-11-13-6-3-2-4-7-13/h5,8-10,12-13,17H,2-4,6-7,11H2,1H3. The second-order valence-corrected chi connectivity index (χ2v) is 5.73. The van der Waals surface area contributed by atoms with Crippen molar-refractivity contribution in [2.45, 2.75) is 32.1 Å². The van der Waals surface area contributed by atoms with Gasteiger partial charge in [0.15, 0.2) is 5.82 Å². The molecule has 0 unspecified atom stereocenters. The minimum atomic E-state index is 0.835. The second kappa shape index (κ2) is 6.07. The summed E-state index contributed by atoms with van der Waals surface area (Å²) >= 11 is 0. The van der Waals surface area contributed by atoms with Crippen LogP contribution in [0.25, 0.3) is 11.4 Å². The van der Waals surface area contributed by atoms with E-state index in [0.29, 0.717) is 0 Å². The predicted octanol–water partition coefficient (Wildman–Crippen LogP) is 3.47. The zero-order valence-corrected chi connectivity index (χ0v) is 12.0. The Labute approximate surface area is 120 Å². The fourth-order valence-corrected chi connectivity index (χ4v) is 2.97. The van der Waals surface area contributed by atoms with E-state index in [0.717, 1.165) is 23.9 Å². The first-order valence-corrected chi connectivity index (χ1v) is 7.51. The van der Waals surface area contributed by atoms with Crippen LogP contribution in [0.15, 0.2) is 30.6 Å². The summed E-state index contributed by atoms with van der Waals surface area (Å²) in [5.74, 6) is 1.74. The Morgan fingerprint density at radius 2 is 2.10 bits per heavy atom. The molecule has 20 heavy (non-hydrogen) atoms. The minimum absolute atomic E-state index is 0.835. The lowest BCUT2D eigenvalue weighted by molar-refractivity contribution is 0.373. The maximum Gasteiger partial charge on any atom is 0.163 e. The number of aromatic nitrogens is 3. The van der Waals surface area contributed by atoms with Crippen molar-refractivity contribution in [1.82, 2.24) is 14.8 Å². The molecule has 0 saturated heterocycles. The third-order valence-corrected chi connectivity index (χ3v) is 4.15. The number of anilines is 1. The van der Waals surface area contributed by atoms with Crippen LogP contribution in [0.5, 0.6) is 0 Å². The summed E-state index contributed by atoms with van der Waals surface area (Å²) in [6.07, 6.45) is 8.68. The number of benzene rings is 1. The topological polar surface area (TPSA) is 42.7 Å². The number of hydrogen-bond donors (Lipinski definition) is 1. The minimum Gasteiger partial charge on any atom is -0.385 e. The van der Waals surface area contributed by atoms with Crippen molar-refractivity contribution >= 4 is 5.69 Å². The Bertz CT molecular complexity index is 555. The Morgan fingerprint density at radius 3 is 2.85 bits per heavy atom. The van der Waals surface area contributed by atoms with E-state index in [9.17, 15) is 0 Å². The smallest absolute Gasteiger partial charge is 0.163 e. The lowest BCUT2D eigenvalue weighted by Gasteiger charge is -2.22. The Balaban J connectivity index is 1.67. The van der Waals surface area contributed by atoms with Crippen molar-refractivity contribution in [3.8, 4) is 11.4 Å². The highest BCUT2D eigenvalue weighted by atomic mass is 15.2. The molecule has 0 bridgehead atoms. The summed E-state index contributed by atoms with van der Waals surface area (Å²) in [5.41, 5.74) is 2.29. The fraction of sp³-hybridized carbons (Fsp3) is 0.500. The summed E-state index contributed by atoms with van der Waals surface area (Å²) in [6.45, 7) is 1.09. The summed E-state index contributed by atoms with van der Waals surface area (Å²) in [4.78, 5) is 0. The first-order chi connectivity index (χ1) is 9.83. The van der Waals surface area contributed by atoms with Gasteiger partial charge in [-0.15, -0.1) is 10.2 Å². The first kappa shape index (κ1) is 13.2. The maximum absolute atomic E-state index is 4.16. The zero-order valence-electron chi connectivity index (χ0n) is 12.0. The molecular weight excluding hydrogens is 248 g/mol. The van der Waals surface area contributed by atoms with Crippen molar-refractivity contribution in [3.05, 3.63) is 30.6 Å². The third-order valence-electron chi connectivity index (χ3n) is 4.15. The zero-order chi connectivity index (χ0) is 13.8. The molecule has 0 spiro atoms. The van der Waals surface area contributed by atoms with Gasteiger partial charge in [0, 0.05) is 24.8 Å². The lowest BCUT2D eigenvalue weighted by atomic mass is 9.89. The van der Waals surface area contributed by atoms with Gasteiger partial charge in [-0.2, -0.15) is 0 Å². The van der Waals surface area contributed by atoms with Crippen LogP contribution in [0.3, 0.4) is 0 Å². The van der Waals surface area contributed by atoms with Gasteiger partial charge in [0.05, 0.1) is 0 Å². The Hall–Kier alpha value is -1.84. The fourth-order valence-electron chi connectivity index (χ4n) is 2.97. The van der Waals surface area contributed by atoms with Crippen LogP contribution in [-0.2, 0) is 7.05 Å². The van der Waals surface area contributed by atoms with E-state index in [1.54, 1.807) is 6.33 Å². The van der Waals surface area contributed by atoms with Crippen LogP contribution < -0.4 is 5.32 Å². The molecule has 0 atom stereocenters. The van der Waals surface area contributed by atoms with Gasteiger partial charge < -0.3 is 9.88 Å². The van der Waals surface area contributed by atoms with Crippen LogP contribution in [0.2, 0.25) is 0 Å². The van der Waals surface area contributed by atoms with Crippen LogP contribution in [0.1, 0.15) is 32.1 Å². The second-order valence-electron chi connectivity index (χ2n) is 5.73. The van der Waals surface area contributed by atoms with Crippen molar-refractivity contribution in [2.75, 3.05) is 11.9 Å². The highest BCUT2D eigenvalue weighted by Crippen LogP contribution is 2.25. The SMILES string of the molecule is Cn1cnnc1-c1cccc(NCC2CCCCC2)c1. The van der Waals surface area contributed by atoms with Crippen molar-refractivity contribution in [1.29, 1.82) is 0 Å². The van der Waals surface area contributed by atoms with E-state index in [2.05, 4.69) is 39.8 Å². The molecule has 1 aliphatic rings. The summed E-state index contributed by atoms with van der Waals surface area (Å²) in [6, 6.07) is 8.44. The molecule has 1 aromatic carbocycles. The lowest BCUT2D eigenvalue weighted by Crippen LogP contribution is -2.17. The number of nitrogens with one attached hydrogen (secondary N) is 1. The monoisotopic (exact) mass is 270 g/mol. The van der Waals surface area contributed by atoms with Crippen LogP contribution >= 0.6 is 0 Å². The Kier molecular flexibility index (Phi) is 4.00. The van der Waals surface area contributed by atoms with Gasteiger partial charge in [-0.3, -0.25) is 0 Å². The normalized spacial score (nSPS) is 16.2. The summed E-state index contributed by atoms with van der Waals surface area (Å²) < 4.78 is 1.94. The molecule has 1 heterocycles. The van der Waals surface area contributed by atoms with E-state index in [-0.39, 0.29) is 0 Å². The summed E-state index contributed by atoms with van der Waals surface area (Å²) in [5, 5.41) is 11.7. The molecule has 0 aliphatic heterocycles. The largest absolute Gasteiger partial charge is 0.385 e. The quantitative estimate of drug-likeness (QED) is 0.925. The molecule has 1 fully saturated rings. The molecule has 3 rings (SSSR count). The molecule has 1 aliphatic carbocycles. The average molecular weight is 270 g/mol. The molecule has 4 heteroatoms. The van der Waals surface area contributed by atoms with Gasteiger partial charge in [-0.1, -0.05) is 31.4 Å². The van der Waals surface area contributed by atoms with E-state index in [1.807, 2.05) is 11.6 Å². The average Bonchev–Trinajstić information content (AvgIpc) is 2.93. The van der Waals surface area contributed by atoms with Gasteiger partial charge >= 0.3 is 0 Å². The molecular formula is C16H22N4. The van der Waals surface area contributed by atoms with Gasteiger partial charge in [0.1, 0.15) is 6.33 Å². The van der Waals surface area contributed by atoms with E-state index >= 15 is 0 Å².